The van der Waals surface area contributed by atoms with Crippen LogP contribution in [0.4, 0.5) is 0 Å². The zero-order chi connectivity index (χ0) is 24.0. The van der Waals surface area contributed by atoms with E-state index in [1.807, 2.05) is 12.1 Å². The standard InChI is InChI=1S/C32H43NO2/c1-22-19-24-20-26(34)8-11-28(24)29-13-15-32(2)25(7-12-30(32)31(22)29)14-18-35-27-9-5-23(6-10-27)21-33-16-3-4-17-33/h5-6,8-11,20,22,25,29-31,34H,3-4,7,12-19,21H2,1-2H3/t22-,25?,29?,30?,31?,32?/m1/s1. The number of ether oxygens (including phenoxy) is 1. The highest BCUT2D eigenvalue weighted by molar-refractivity contribution is 5.40. The molecule has 0 bridgehead atoms. The van der Waals surface area contributed by atoms with E-state index >= 15 is 0 Å². The van der Waals surface area contributed by atoms with Crippen molar-refractivity contribution in [1.29, 1.82) is 0 Å². The molecule has 2 aromatic carbocycles. The molecule has 2 aromatic rings. The largest absolute Gasteiger partial charge is 0.508 e. The number of benzene rings is 2. The molecule has 6 atom stereocenters. The number of hydrogen-bond acceptors (Lipinski definition) is 3. The fourth-order valence-electron chi connectivity index (χ4n) is 8.76. The minimum Gasteiger partial charge on any atom is -0.508 e. The number of rotatable bonds is 6. The van der Waals surface area contributed by atoms with Crippen LogP contribution < -0.4 is 4.74 Å². The molecule has 0 aromatic heterocycles. The Morgan fingerprint density at radius 1 is 1.03 bits per heavy atom. The molecule has 5 unspecified atom stereocenters. The van der Waals surface area contributed by atoms with Gasteiger partial charge in [0, 0.05) is 6.54 Å². The molecule has 1 heterocycles. The number of fused-ring (bicyclic) bond motifs is 5. The summed E-state index contributed by atoms with van der Waals surface area (Å²) in [4.78, 5) is 2.55. The van der Waals surface area contributed by atoms with Gasteiger partial charge in [0.1, 0.15) is 11.5 Å². The molecule has 3 nitrogen and oxygen atoms in total. The van der Waals surface area contributed by atoms with Crippen LogP contribution in [-0.2, 0) is 13.0 Å². The Labute approximate surface area is 211 Å². The molecule has 0 spiro atoms. The summed E-state index contributed by atoms with van der Waals surface area (Å²) in [6.45, 7) is 9.49. The maximum atomic E-state index is 10.0. The molecule has 35 heavy (non-hydrogen) atoms. The summed E-state index contributed by atoms with van der Waals surface area (Å²) in [6, 6.07) is 15.0. The highest BCUT2D eigenvalue weighted by Crippen LogP contribution is 2.64. The summed E-state index contributed by atoms with van der Waals surface area (Å²) in [7, 11) is 0. The van der Waals surface area contributed by atoms with Gasteiger partial charge in [-0.3, -0.25) is 4.90 Å². The third-order valence-electron chi connectivity index (χ3n) is 10.5. The second kappa shape index (κ2) is 9.47. The van der Waals surface area contributed by atoms with Crippen LogP contribution in [0.5, 0.6) is 11.5 Å². The number of likely N-dealkylation sites (tertiary alicyclic amines) is 1. The van der Waals surface area contributed by atoms with Gasteiger partial charge in [0.25, 0.3) is 0 Å². The van der Waals surface area contributed by atoms with E-state index in [4.69, 9.17) is 4.74 Å². The highest BCUT2D eigenvalue weighted by Gasteiger charge is 2.55. The smallest absolute Gasteiger partial charge is 0.119 e. The van der Waals surface area contributed by atoms with Crippen LogP contribution >= 0.6 is 0 Å². The molecule has 3 heteroatoms. The topological polar surface area (TPSA) is 32.7 Å². The summed E-state index contributed by atoms with van der Waals surface area (Å²) in [5.41, 5.74) is 4.79. The van der Waals surface area contributed by atoms with Gasteiger partial charge < -0.3 is 9.84 Å². The molecule has 3 fully saturated rings. The van der Waals surface area contributed by atoms with Crippen LogP contribution in [0.15, 0.2) is 42.5 Å². The number of phenols is 1. The molecule has 6 rings (SSSR count). The van der Waals surface area contributed by atoms with E-state index < -0.39 is 0 Å². The van der Waals surface area contributed by atoms with Crippen molar-refractivity contribution in [2.45, 2.75) is 77.7 Å². The molecule has 1 N–H and O–H groups in total. The third-order valence-corrected chi connectivity index (χ3v) is 10.5. The molecule has 3 aliphatic carbocycles. The van der Waals surface area contributed by atoms with Crippen molar-refractivity contribution in [2.24, 2.45) is 29.1 Å². The van der Waals surface area contributed by atoms with Crippen LogP contribution in [0.2, 0.25) is 0 Å². The summed E-state index contributed by atoms with van der Waals surface area (Å²) >= 11 is 0. The Morgan fingerprint density at radius 2 is 1.83 bits per heavy atom. The first-order valence-electron chi connectivity index (χ1n) is 14.3. The Morgan fingerprint density at radius 3 is 2.63 bits per heavy atom. The van der Waals surface area contributed by atoms with Crippen molar-refractivity contribution in [3.63, 3.8) is 0 Å². The van der Waals surface area contributed by atoms with E-state index in [1.54, 1.807) is 0 Å². The Balaban J connectivity index is 1.07. The van der Waals surface area contributed by atoms with E-state index in [1.165, 1.54) is 74.7 Å². The van der Waals surface area contributed by atoms with Gasteiger partial charge >= 0.3 is 0 Å². The Bertz CT molecular complexity index is 1030. The van der Waals surface area contributed by atoms with Crippen molar-refractivity contribution in [2.75, 3.05) is 19.7 Å². The maximum absolute atomic E-state index is 10.0. The van der Waals surface area contributed by atoms with Crippen molar-refractivity contribution in [3.8, 4) is 11.5 Å². The van der Waals surface area contributed by atoms with Crippen molar-refractivity contribution >= 4 is 0 Å². The first-order valence-corrected chi connectivity index (χ1v) is 14.3. The predicted molar refractivity (Wildman–Crippen MR) is 142 cm³/mol. The van der Waals surface area contributed by atoms with Crippen LogP contribution in [0, 0.1) is 29.1 Å². The number of phenolic OH excluding ortho intramolecular Hbond substituents is 1. The van der Waals surface area contributed by atoms with Crippen molar-refractivity contribution in [1.82, 2.24) is 4.90 Å². The highest BCUT2D eigenvalue weighted by atomic mass is 16.5. The lowest BCUT2D eigenvalue weighted by Crippen LogP contribution is -2.45. The van der Waals surface area contributed by atoms with Gasteiger partial charge in [-0.2, -0.15) is 0 Å². The van der Waals surface area contributed by atoms with Gasteiger partial charge in [-0.05, 0) is 140 Å². The van der Waals surface area contributed by atoms with Crippen LogP contribution in [0.25, 0.3) is 0 Å². The van der Waals surface area contributed by atoms with Gasteiger partial charge in [0.2, 0.25) is 0 Å². The van der Waals surface area contributed by atoms with Gasteiger partial charge in [-0.15, -0.1) is 0 Å². The van der Waals surface area contributed by atoms with Gasteiger partial charge in [-0.25, -0.2) is 0 Å². The summed E-state index contributed by atoms with van der Waals surface area (Å²) < 4.78 is 6.27. The van der Waals surface area contributed by atoms with E-state index in [2.05, 4.69) is 49.1 Å². The molecule has 188 valence electrons. The average molecular weight is 474 g/mol. The predicted octanol–water partition coefficient (Wildman–Crippen LogP) is 7.18. The lowest BCUT2D eigenvalue weighted by Gasteiger charge is -2.53. The maximum Gasteiger partial charge on any atom is 0.119 e. The van der Waals surface area contributed by atoms with Crippen molar-refractivity contribution < 1.29 is 9.84 Å². The summed E-state index contributed by atoms with van der Waals surface area (Å²) in [6.07, 6.45) is 10.4. The zero-order valence-electron chi connectivity index (χ0n) is 21.7. The average Bonchev–Trinajstić information content (AvgIpc) is 3.47. The molecular formula is C32H43NO2. The lowest BCUT2D eigenvalue weighted by atomic mass is 9.51. The first kappa shape index (κ1) is 23.4. The summed E-state index contributed by atoms with van der Waals surface area (Å²) in [5, 5.41) is 10.0. The Hall–Kier alpha value is -2.00. The molecule has 1 saturated heterocycles. The summed E-state index contributed by atoms with van der Waals surface area (Å²) in [5.74, 6) is 5.23. The van der Waals surface area contributed by atoms with Crippen LogP contribution in [-0.4, -0.2) is 29.7 Å². The quantitative estimate of drug-likeness (QED) is 0.482. The second-order valence-corrected chi connectivity index (χ2v) is 12.4. The van der Waals surface area contributed by atoms with Crippen LogP contribution in [0.1, 0.15) is 81.4 Å². The van der Waals surface area contributed by atoms with Gasteiger partial charge in [0.15, 0.2) is 0 Å². The van der Waals surface area contributed by atoms with Gasteiger partial charge in [0.05, 0.1) is 6.61 Å². The van der Waals surface area contributed by atoms with Crippen LogP contribution in [0.3, 0.4) is 0 Å². The molecular weight excluding hydrogens is 430 g/mol. The number of hydrogen-bond donors (Lipinski definition) is 1. The zero-order valence-corrected chi connectivity index (χ0v) is 21.7. The fraction of sp³-hybridized carbons (Fsp3) is 0.625. The minimum atomic E-state index is 0.428. The number of nitrogens with zero attached hydrogens (tertiary/aromatic N) is 1. The molecule has 4 aliphatic rings. The molecule has 1 aliphatic heterocycles. The third kappa shape index (κ3) is 4.39. The Kier molecular flexibility index (Phi) is 6.33. The first-order chi connectivity index (χ1) is 17.0. The monoisotopic (exact) mass is 473 g/mol. The minimum absolute atomic E-state index is 0.428. The molecule has 0 amide bonds. The van der Waals surface area contributed by atoms with E-state index in [0.29, 0.717) is 23.0 Å². The normalized spacial score (nSPS) is 34.3. The van der Waals surface area contributed by atoms with Gasteiger partial charge in [-0.1, -0.05) is 32.0 Å². The number of aromatic hydroxyl groups is 1. The molecule has 0 radical (unpaired) electrons. The fourth-order valence-corrected chi connectivity index (χ4v) is 8.76. The van der Waals surface area contributed by atoms with E-state index in [9.17, 15) is 5.11 Å². The lowest BCUT2D eigenvalue weighted by molar-refractivity contribution is 0.000918. The SMILES string of the molecule is C[C@@H]1Cc2cc(O)ccc2C2CCC3(C)C(CCOc4ccc(CN5CCCC5)cc4)CCC3C21. The van der Waals surface area contributed by atoms with E-state index in [0.717, 1.165) is 43.1 Å². The van der Waals surface area contributed by atoms with Crippen molar-refractivity contribution in [3.05, 3.63) is 59.2 Å². The van der Waals surface area contributed by atoms with E-state index in [-0.39, 0.29) is 0 Å². The molecule has 2 saturated carbocycles. The second-order valence-electron chi connectivity index (χ2n) is 12.4.